The van der Waals surface area contributed by atoms with Crippen LogP contribution in [0.1, 0.15) is 42.2 Å². The molecule has 4 heteroatoms. The zero-order valence-electron chi connectivity index (χ0n) is 11.4. The van der Waals surface area contributed by atoms with Crippen molar-refractivity contribution in [3.8, 4) is 11.3 Å². The monoisotopic (exact) mass is 258 g/mol. The second-order valence-corrected chi connectivity index (χ2v) is 4.77. The first-order valence-electron chi connectivity index (χ1n) is 6.40. The normalized spacial score (nSPS) is 12.4. The minimum Gasteiger partial charge on any atom is -0.476 e. The summed E-state index contributed by atoms with van der Waals surface area (Å²) in [7, 11) is 1.75. The number of aryl methyl sites for hydroxylation is 1. The molecule has 0 saturated heterocycles. The molecule has 100 valence electrons. The number of carboxylic acids is 1. The number of aromatic carboxylic acids is 1. The van der Waals surface area contributed by atoms with E-state index >= 15 is 0 Å². The Bertz CT molecular complexity index is 585. The molecule has 19 heavy (non-hydrogen) atoms. The molecular weight excluding hydrogens is 240 g/mol. The van der Waals surface area contributed by atoms with E-state index in [-0.39, 0.29) is 5.69 Å². The molecule has 0 fully saturated rings. The Morgan fingerprint density at radius 3 is 2.47 bits per heavy atom. The lowest BCUT2D eigenvalue weighted by Crippen LogP contribution is -1.99. The van der Waals surface area contributed by atoms with Crippen LogP contribution in [0.3, 0.4) is 0 Å². The van der Waals surface area contributed by atoms with Gasteiger partial charge in [-0.25, -0.2) is 4.79 Å². The van der Waals surface area contributed by atoms with Gasteiger partial charge in [-0.3, -0.25) is 4.68 Å². The largest absolute Gasteiger partial charge is 0.476 e. The van der Waals surface area contributed by atoms with Crippen LogP contribution in [-0.4, -0.2) is 20.9 Å². The second-order valence-electron chi connectivity index (χ2n) is 4.77. The van der Waals surface area contributed by atoms with Gasteiger partial charge in [-0.1, -0.05) is 38.1 Å². The molecule has 1 unspecified atom stereocenters. The highest BCUT2D eigenvalue weighted by atomic mass is 16.4. The van der Waals surface area contributed by atoms with Crippen molar-refractivity contribution in [2.45, 2.75) is 26.2 Å². The van der Waals surface area contributed by atoms with Crippen molar-refractivity contribution in [1.29, 1.82) is 0 Å². The Morgan fingerprint density at radius 2 is 2.00 bits per heavy atom. The zero-order chi connectivity index (χ0) is 14.0. The number of nitrogens with zero attached hydrogens (tertiary/aromatic N) is 2. The van der Waals surface area contributed by atoms with Crippen LogP contribution in [0, 0.1) is 0 Å². The molecule has 1 atom stereocenters. The van der Waals surface area contributed by atoms with Gasteiger partial charge in [0.15, 0.2) is 5.69 Å². The molecule has 4 nitrogen and oxygen atoms in total. The van der Waals surface area contributed by atoms with E-state index in [1.165, 1.54) is 5.56 Å². The highest BCUT2D eigenvalue weighted by molar-refractivity contribution is 5.87. The highest BCUT2D eigenvalue weighted by Gasteiger charge is 2.12. The van der Waals surface area contributed by atoms with Crippen molar-refractivity contribution in [1.82, 2.24) is 9.78 Å². The molecule has 1 N–H and O–H groups in total. The van der Waals surface area contributed by atoms with Gasteiger partial charge < -0.3 is 5.11 Å². The third-order valence-electron chi connectivity index (χ3n) is 3.49. The fraction of sp³-hybridized carbons (Fsp3) is 0.333. The van der Waals surface area contributed by atoms with Gasteiger partial charge >= 0.3 is 5.97 Å². The van der Waals surface area contributed by atoms with Gasteiger partial charge in [-0.15, -0.1) is 0 Å². The number of hydrogen-bond donors (Lipinski definition) is 1. The van der Waals surface area contributed by atoms with Gasteiger partial charge in [-0.2, -0.15) is 5.10 Å². The van der Waals surface area contributed by atoms with Gasteiger partial charge in [-0.05, 0) is 29.5 Å². The molecule has 0 bridgehead atoms. The van der Waals surface area contributed by atoms with E-state index in [1.807, 2.05) is 12.1 Å². The van der Waals surface area contributed by atoms with Gasteiger partial charge in [0, 0.05) is 7.05 Å². The predicted octanol–water partition coefficient (Wildman–Crippen LogP) is 3.30. The number of rotatable bonds is 4. The fourth-order valence-corrected chi connectivity index (χ4v) is 2.06. The van der Waals surface area contributed by atoms with Crippen LogP contribution in [0.2, 0.25) is 0 Å². The number of carbonyl (C=O) groups is 1. The molecule has 0 saturated carbocycles. The number of aromatic nitrogens is 2. The molecule has 2 aromatic rings. The van der Waals surface area contributed by atoms with Crippen LogP contribution in [0.15, 0.2) is 30.3 Å². The maximum Gasteiger partial charge on any atom is 0.356 e. The molecule has 0 aliphatic carbocycles. The van der Waals surface area contributed by atoms with E-state index in [1.54, 1.807) is 17.8 Å². The topological polar surface area (TPSA) is 55.1 Å². The summed E-state index contributed by atoms with van der Waals surface area (Å²) < 4.78 is 1.60. The summed E-state index contributed by atoms with van der Waals surface area (Å²) in [6, 6.07) is 9.82. The van der Waals surface area contributed by atoms with Crippen molar-refractivity contribution in [3.63, 3.8) is 0 Å². The maximum absolute atomic E-state index is 10.9. The van der Waals surface area contributed by atoms with E-state index in [0.29, 0.717) is 5.92 Å². The predicted molar refractivity (Wildman–Crippen MR) is 74.3 cm³/mol. The maximum atomic E-state index is 10.9. The molecule has 0 amide bonds. The number of benzene rings is 1. The SMILES string of the molecule is CCC(C)c1ccc(-c2cc(C(=O)O)nn2C)cc1. The van der Waals surface area contributed by atoms with Crippen LogP contribution in [0.4, 0.5) is 0 Å². The van der Waals surface area contributed by atoms with E-state index in [2.05, 4.69) is 31.1 Å². The van der Waals surface area contributed by atoms with Gasteiger partial charge in [0.2, 0.25) is 0 Å². The van der Waals surface area contributed by atoms with E-state index in [0.717, 1.165) is 17.7 Å². The number of carboxylic acid groups (broad SMARTS) is 1. The molecule has 1 heterocycles. The van der Waals surface area contributed by atoms with Crippen LogP contribution in [0.25, 0.3) is 11.3 Å². The zero-order valence-corrected chi connectivity index (χ0v) is 11.4. The van der Waals surface area contributed by atoms with Crippen LogP contribution in [-0.2, 0) is 7.05 Å². The van der Waals surface area contributed by atoms with Crippen molar-refractivity contribution in [2.24, 2.45) is 7.05 Å². The Balaban J connectivity index is 2.34. The molecular formula is C15H18N2O2. The highest BCUT2D eigenvalue weighted by Crippen LogP contribution is 2.24. The second kappa shape index (κ2) is 5.26. The van der Waals surface area contributed by atoms with E-state index < -0.39 is 5.97 Å². The molecule has 0 radical (unpaired) electrons. The third kappa shape index (κ3) is 2.67. The Morgan fingerprint density at radius 1 is 1.37 bits per heavy atom. The number of hydrogen-bond acceptors (Lipinski definition) is 2. The van der Waals surface area contributed by atoms with Crippen LogP contribution >= 0.6 is 0 Å². The Kier molecular flexibility index (Phi) is 3.69. The van der Waals surface area contributed by atoms with Gasteiger partial charge in [0.1, 0.15) is 0 Å². The van der Waals surface area contributed by atoms with Crippen LogP contribution < -0.4 is 0 Å². The summed E-state index contributed by atoms with van der Waals surface area (Å²) in [5.41, 5.74) is 3.16. The molecule has 0 aliphatic rings. The first-order chi connectivity index (χ1) is 9.02. The molecule has 2 rings (SSSR count). The molecule has 1 aromatic heterocycles. The lowest BCUT2D eigenvalue weighted by Gasteiger charge is -2.09. The smallest absolute Gasteiger partial charge is 0.356 e. The minimum absolute atomic E-state index is 0.0727. The average molecular weight is 258 g/mol. The molecule has 1 aromatic carbocycles. The Labute approximate surface area is 112 Å². The van der Waals surface area contributed by atoms with Gasteiger partial charge in [0.25, 0.3) is 0 Å². The summed E-state index contributed by atoms with van der Waals surface area (Å²) >= 11 is 0. The molecule has 0 aliphatic heterocycles. The minimum atomic E-state index is -1.00. The van der Waals surface area contributed by atoms with Crippen molar-refractivity contribution in [3.05, 3.63) is 41.6 Å². The average Bonchev–Trinajstić information content (AvgIpc) is 2.80. The molecule has 0 spiro atoms. The van der Waals surface area contributed by atoms with Crippen molar-refractivity contribution < 1.29 is 9.90 Å². The lowest BCUT2D eigenvalue weighted by molar-refractivity contribution is 0.0689. The summed E-state index contributed by atoms with van der Waals surface area (Å²) in [5.74, 6) is -0.465. The van der Waals surface area contributed by atoms with Crippen molar-refractivity contribution in [2.75, 3.05) is 0 Å². The summed E-state index contributed by atoms with van der Waals surface area (Å²) in [6.45, 7) is 4.36. The van der Waals surface area contributed by atoms with E-state index in [4.69, 9.17) is 5.11 Å². The van der Waals surface area contributed by atoms with Gasteiger partial charge in [0.05, 0.1) is 5.69 Å². The van der Waals surface area contributed by atoms with Crippen LogP contribution in [0.5, 0.6) is 0 Å². The first-order valence-corrected chi connectivity index (χ1v) is 6.40. The fourth-order valence-electron chi connectivity index (χ4n) is 2.06. The summed E-state index contributed by atoms with van der Waals surface area (Å²) in [6.07, 6.45) is 1.11. The first kappa shape index (κ1) is 13.3. The summed E-state index contributed by atoms with van der Waals surface area (Å²) in [4.78, 5) is 10.9. The van der Waals surface area contributed by atoms with Crippen molar-refractivity contribution >= 4 is 5.97 Å². The standard InChI is InChI=1S/C15H18N2O2/c1-4-10(2)11-5-7-12(8-6-11)14-9-13(15(18)19)16-17(14)3/h5-10H,4H2,1-3H3,(H,18,19). The summed E-state index contributed by atoms with van der Waals surface area (Å²) in [5, 5.41) is 12.9. The lowest BCUT2D eigenvalue weighted by atomic mass is 9.97. The quantitative estimate of drug-likeness (QED) is 0.915. The van der Waals surface area contributed by atoms with E-state index in [9.17, 15) is 4.79 Å². The Hall–Kier alpha value is -2.10. The third-order valence-corrected chi connectivity index (χ3v) is 3.49.